The van der Waals surface area contributed by atoms with Gasteiger partial charge in [-0.15, -0.1) is 0 Å². The van der Waals surface area contributed by atoms with Gasteiger partial charge in [0.15, 0.2) is 0 Å². The molecule has 1 saturated heterocycles. The number of nitrogens with one attached hydrogen (secondary N) is 1. The zero-order valence-electron chi connectivity index (χ0n) is 13.6. The van der Waals surface area contributed by atoms with Gasteiger partial charge in [0.25, 0.3) is 0 Å². The molecule has 1 fully saturated rings. The third kappa shape index (κ3) is 3.15. The van der Waals surface area contributed by atoms with Crippen molar-refractivity contribution in [2.45, 2.75) is 6.92 Å². The van der Waals surface area contributed by atoms with Gasteiger partial charge in [0.2, 0.25) is 5.58 Å². The fourth-order valence-electron chi connectivity index (χ4n) is 2.89. The number of hydrogen-bond acceptors (Lipinski definition) is 7. The molecule has 0 aliphatic carbocycles. The van der Waals surface area contributed by atoms with Crippen LogP contribution < -0.4 is 5.32 Å². The SMILES string of the molecule is Cc1noc2c(NCCN3CCOCC3)cc(-c3ccsc3)nc12. The number of nitrogens with zero attached hydrogens (tertiary/aromatic N) is 3. The quantitative estimate of drug-likeness (QED) is 0.768. The molecule has 1 N–H and O–H groups in total. The van der Waals surface area contributed by atoms with E-state index in [2.05, 4.69) is 32.2 Å². The smallest absolute Gasteiger partial charge is 0.208 e. The number of ether oxygens (including phenoxy) is 1. The molecule has 0 saturated carbocycles. The first-order valence-electron chi connectivity index (χ1n) is 8.15. The second-order valence-electron chi connectivity index (χ2n) is 5.89. The molecule has 24 heavy (non-hydrogen) atoms. The summed E-state index contributed by atoms with van der Waals surface area (Å²) in [6.45, 7) is 7.39. The molecule has 7 heteroatoms. The van der Waals surface area contributed by atoms with Crippen LogP contribution in [-0.4, -0.2) is 54.4 Å². The maximum atomic E-state index is 5.49. The van der Waals surface area contributed by atoms with Crippen LogP contribution in [0, 0.1) is 6.92 Å². The number of hydrogen-bond donors (Lipinski definition) is 1. The van der Waals surface area contributed by atoms with Crippen molar-refractivity contribution in [3.63, 3.8) is 0 Å². The van der Waals surface area contributed by atoms with E-state index in [-0.39, 0.29) is 0 Å². The maximum absolute atomic E-state index is 5.49. The summed E-state index contributed by atoms with van der Waals surface area (Å²) in [5.41, 5.74) is 5.40. The predicted octanol–water partition coefficient (Wildman–Crippen LogP) is 3.00. The lowest BCUT2D eigenvalue weighted by molar-refractivity contribution is 0.0398. The molecule has 0 aromatic carbocycles. The van der Waals surface area contributed by atoms with Crippen LogP contribution in [0.2, 0.25) is 0 Å². The third-order valence-corrected chi connectivity index (χ3v) is 4.94. The number of aromatic nitrogens is 2. The van der Waals surface area contributed by atoms with Crippen LogP contribution in [0.3, 0.4) is 0 Å². The Labute approximate surface area is 144 Å². The Morgan fingerprint density at radius 3 is 3.00 bits per heavy atom. The normalized spacial score (nSPS) is 15.9. The summed E-state index contributed by atoms with van der Waals surface area (Å²) in [6, 6.07) is 4.13. The first-order chi connectivity index (χ1) is 11.8. The molecule has 0 bridgehead atoms. The summed E-state index contributed by atoms with van der Waals surface area (Å²) in [5.74, 6) is 0. The number of fused-ring (bicyclic) bond motifs is 1. The van der Waals surface area contributed by atoms with E-state index < -0.39 is 0 Å². The molecule has 0 amide bonds. The lowest BCUT2D eigenvalue weighted by atomic mass is 10.2. The zero-order chi connectivity index (χ0) is 16.4. The number of pyridine rings is 1. The highest BCUT2D eigenvalue weighted by Gasteiger charge is 2.15. The summed E-state index contributed by atoms with van der Waals surface area (Å²) >= 11 is 1.67. The van der Waals surface area contributed by atoms with E-state index in [0.717, 1.165) is 73.1 Å². The van der Waals surface area contributed by atoms with Crippen LogP contribution >= 0.6 is 11.3 Å². The summed E-state index contributed by atoms with van der Waals surface area (Å²) in [7, 11) is 0. The molecule has 0 atom stereocenters. The van der Waals surface area contributed by atoms with Crippen molar-refractivity contribution in [3.8, 4) is 11.3 Å². The minimum Gasteiger partial charge on any atom is -0.381 e. The van der Waals surface area contributed by atoms with Crippen molar-refractivity contribution >= 4 is 28.1 Å². The molecule has 126 valence electrons. The summed E-state index contributed by atoms with van der Waals surface area (Å²) in [4.78, 5) is 7.12. The molecule has 0 unspecified atom stereocenters. The first kappa shape index (κ1) is 15.6. The first-order valence-corrected chi connectivity index (χ1v) is 9.09. The molecule has 4 heterocycles. The number of rotatable bonds is 5. The van der Waals surface area contributed by atoms with Gasteiger partial charge in [-0.1, -0.05) is 5.16 Å². The fourth-order valence-corrected chi connectivity index (χ4v) is 3.54. The number of thiophene rings is 1. The standard InChI is InChI=1S/C17H20N4O2S/c1-12-16-17(23-20-12)15(10-14(19-16)13-2-9-24-11-13)18-3-4-21-5-7-22-8-6-21/h2,9-11H,3-8H2,1H3,(H,18,19). The van der Waals surface area contributed by atoms with Crippen LogP contribution in [0.5, 0.6) is 0 Å². The average molecular weight is 344 g/mol. The second kappa shape index (κ2) is 6.88. The highest BCUT2D eigenvalue weighted by atomic mass is 32.1. The molecule has 3 aromatic rings. The highest BCUT2D eigenvalue weighted by Crippen LogP contribution is 2.30. The Kier molecular flexibility index (Phi) is 4.46. The fraction of sp³-hybridized carbons (Fsp3) is 0.412. The Hall–Kier alpha value is -1.96. The van der Waals surface area contributed by atoms with Crippen molar-refractivity contribution in [2.24, 2.45) is 0 Å². The van der Waals surface area contributed by atoms with Crippen LogP contribution in [0.25, 0.3) is 22.4 Å². The molecule has 4 rings (SSSR count). The monoisotopic (exact) mass is 344 g/mol. The highest BCUT2D eigenvalue weighted by molar-refractivity contribution is 7.08. The Balaban J connectivity index is 1.56. The van der Waals surface area contributed by atoms with Gasteiger partial charge in [-0.2, -0.15) is 11.3 Å². The van der Waals surface area contributed by atoms with Crippen LogP contribution in [0.1, 0.15) is 5.69 Å². The van der Waals surface area contributed by atoms with E-state index in [9.17, 15) is 0 Å². The molecule has 1 aliphatic rings. The lowest BCUT2D eigenvalue weighted by Crippen LogP contribution is -2.39. The van der Waals surface area contributed by atoms with Gasteiger partial charge < -0.3 is 14.6 Å². The molecule has 6 nitrogen and oxygen atoms in total. The summed E-state index contributed by atoms with van der Waals surface area (Å²) < 4.78 is 10.9. The van der Waals surface area contributed by atoms with Gasteiger partial charge in [-0.25, -0.2) is 4.98 Å². The average Bonchev–Trinajstić information content (AvgIpc) is 3.26. The number of aryl methyl sites for hydroxylation is 1. The van der Waals surface area contributed by atoms with Gasteiger partial charge in [-0.3, -0.25) is 4.90 Å². The molecular formula is C17H20N4O2S. The van der Waals surface area contributed by atoms with E-state index in [1.54, 1.807) is 11.3 Å². The van der Waals surface area contributed by atoms with Gasteiger partial charge in [0, 0.05) is 37.1 Å². The van der Waals surface area contributed by atoms with E-state index in [0.29, 0.717) is 0 Å². The van der Waals surface area contributed by atoms with Crippen LogP contribution in [0.4, 0.5) is 5.69 Å². The Morgan fingerprint density at radius 2 is 2.21 bits per heavy atom. The third-order valence-electron chi connectivity index (χ3n) is 4.25. The Bertz CT molecular complexity index is 809. The van der Waals surface area contributed by atoms with Crippen molar-refractivity contribution in [2.75, 3.05) is 44.7 Å². The van der Waals surface area contributed by atoms with Gasteiger partial charge in [0.05, 0.1) is 24.6 Å². The van der Waals surface area contributed by atoms with Gasteiger partial charge >= 0.3 is 0 Å². The molecule has 0 radical (unpaired) electrons. The summed E-state index contributed by atoms with van der Waals surface area (Å²) in [5, 5.41) is 11.7. The van der Waals surface area contributed by atoms with Crippen molar-refractivity contribution in [3.05, 3.63) is 28.6 Å². The number of morpholine rings is 1. The number of anilines is 1. The molecule has 3 aromatic heterocycles. The maximum Gasteiger partial charge on any atom is 0.208 e. The molecule has 1 aliphatic heterocycles. The van der Waals surface area contributed by atoms with E-state index in [1.807, 2.05) is 13.0 Å². The van der Waals surface area contributed by atoms with Crippen LogP contribution in [0.15, 0.2) is 27.4 Å². The molecular weight excluding hydrogens is 324 g/mol. The van der Waals surface area contributed by atoms with Crippen molar-refractivity contribution in [1.29, 1.82) is 0 Å². The van der Waals surface area contributed by atoms with Crippen LogP contribution in [-0.2, 0) is 4.74 Å². The minimum absolute atomic E-state index is 0.730. The molecule has 0 spiro atoms. The van der Waals surface area contributed by atoms with Crippen molar-refractivity contribution < 1.29 is 9.26 Å². The van der Waals surface area contributed by atoms with E-state index in [1.165, 1.54) is 0 Å². The second-order valence-corrected chi connectivity index (χ2v) is 6.67. The van der Waals surface area contributed by atoms with Gasteiger partial charge in [-0.05, 0) is 24.4 Å². The Morgan fingerprint density at radius 1 is 1.33 bits per heavy atom. The predicted molar refractivity (Wildman–Crippen MR) is 95.6 cm³/mol. The van der Waals surface area contributed by atoms with Gasteiger partial charge in [0.1, 0.15) is 11.2 Å². The topological polar surface area (TPSA) is 63.4 Å². The van der Waals surface area contributed by atoms with E-state index in [4.69, 9.17) is 14.2 Å². The zero-order valence-corrected chi connectivity index (χ0v) is 14.4. The lowest BCUT2D eigenvalue weighted by Gasteiger charge is -2.26. The summed E-state index contributed by atoms with van der Waals surface area (Å²) in [6.07, 6.45) is 0. The minimum atomic E-state index is 0.730. The van der Waals surface area contributed by atoms with Crippen molar-refractivity contribution in [1.82, 2.24) is 15.0 Å². The largest absolute Gasteiger partial charge is 0.381 e. The van der Waals surface area contributed by atoms with E-state index >= 15 is 0 Å².